The van der Waals surface area contributed by atoms with E-state index >= 15 is 0 Å². The Morgan fingerprint density at radius 2 is 1.28 bits per heavy atom. The van der Waals surface area contributed by atoms with Gasteiger partial charge < -0.3 is 4.90 Å². The second-order valence-electron chi connectivity index (χ2n) is 6.85. The molecule has 2 aromatic rings. The molecule has 1 aliphatic rings. The second kappa shape index (κ2) is 8.57. The lowest BCUT2D eigenvalue weighted by Crippen LogP contribution is -2.20. The number of nitro groups is 2. The normalized spacial score (nSPS) is 18.0. The highest BCUT2D eigenvalue weighted by atomic mass is 16.6. The lowest BCUT2D eigenvalue weighted by Gasteiger charge is -2.12. The minimum absolute atomic E-state index is 0.00201. The minimum atomic E-state index is -0.466. The fourth-order valence-electron chi connectivity index (χ4n) is 3.11. The zero-order valence-electron chi connectivity index (χ0n) is 15.8. The van der Waals surface area contributed by atoms with E-state index in [0.29, 0.717) is 36.2 Å². The highest BCUT2D eigenvalue weighted by Crippen LogP contribution is 2.23. The van der Waals surface area contributed by atoms with Gasteiger partial charge in [-0.25, -0.2) is 0 Å². The quantitative estimate of drug-likeness (QED) is 0.443. The van der Waals surface area contributed by atoms with Crippen molar-refractivity contribution < 1.29 is 14.6 Å². The number of hydrogen-bond donors (Lipinski definition) is 0. The Kier molecular flexibility index (Phi) is 5.94. The third kappa shape index (κ3) is 4.99. The molecule has 8 nitrogen and oxygen atoms in total. The smallest absolute Gasteiger partial charge is 0.269 e. The van der Waals surface area contributed by atoms with Crippen LogP contribution in [-0.4, -0.2) is 40.7 Å². The Morgan fingerprint density at radius 1 is 0.828 bits per heavy atom. The van der Waals surface area contributed by atoms with E-state index in [0.717, 1.165) is 5.56 Å². The summed E-state index contributed by atoms with van der Waals surface area (Å²) in [5, 5.41) is 21.6. The third-order valence-electron chi connectivity index (χ3n) is 4.68. The molecule has 0 bridgehead atoms. The SMILES string of the molecule is CN1CCC(=Cc2ccc([N+](=O)[O-])cc2)C(=O)C(=Cc2ccc([N+](=O)[O-])cc2)C1. The molecule has 1 saturated heterocycles. The van der Waals surface area contributed by atoms with Gasteiger partial charge in [0.25, 0.3) is 11.4 Å². The summed E-state index contributed by atoms with van der Waals surface area (Å²) in [7, 11) is 1.92. The third-order valence-corrected chi connectivity index (χ3v) is 4.68. The van der Waals surface area contributed by atoms with Crippen molar-refractivity contribution in [2.75, 3.05) is 20.1 Å². The van der Waals surface area contributed by atoms with Gasteiger partial charge in [0.15, 0.2) is 5.78 Å². The number of non-ortho nitro benzene ring substituents is 2. The molecule has 0 unspecified atom stereocenters. The minimum Gasteiger partial charge on any atom is -0.302 e. The van der Waals surface area contributed by atoms with Crippen molar-refractivity contribution in [1.82, 2.24) is 4.90 Å². The van der Waals surface area contributed by atoms with Gasteiger partial charge in [-0.1, -0.05) is 0 Å². The largest absolute Gasteiger partial charge is 0.302 e. The van der Waals surface area contributed by atoms with Crippen molar-refractivity contribution in [3.63, 3.8) is 0 Å². The first kappa shape index (κ1) is 20.1. The predicted molar refractivity (Wildman–Crippen MR) is 109 cm³/mol. The van der Waals surface area contributed by atoms with Gasteiger partial charge in [-0.3, -0.25) is 25.0 Å². The molecular formula is C21H19N3O5. The first-order chi connectivity index (χ1) is 13.8. The van der Waals surface area contributed by atoms with Crippen LogP contribution in [0.15, 0.2) is 59.7 Å². The lowest BCUT2D eigenvalue weighted by molar-refractivity contribution is -0.385. The van der Waals surface area contributed by atoms with Crippen LogP contribution in [0.4, 0.5) is 11.4 Å². The van der Waals surface area contributed by atoms with E-state index in [1.165, 1.54) is 24.3 Å². The maximum Gasteiger partial charge on any atom is 0.269 e. The number of nitrogens with zero attached hydrogens (tertiary/aromatic N) is 3. The van der Waals surface area contributed by atoms with Gasteiger partial charge in [-0.2, -0.15) is 0 Å². The van der Waals surface area contributed by atoms with Crippen molar-refractivity contribution in [1.29, 1.82) is 0 Å². The summed E-state index contributed by atoms with van der Waals surface area (Å²) in [5.41, 5.74) is 2.64. The van der Waals surface area contributed by atoms with Gasteiger partial charge in [0.1, 0.15) is 0 Å². The van der Waals surface area contributed by atoms with Gasteiger partial charge in [0.2, 0.25) is 0 Å². The van der Waals surface area contributed by atoms with E-state index in [1.54, 1.807) is 36.4 Å². The number of Topliss-reactive ketones (excluding diaryl/α,β-unsaturated/α-hetero) is 1. The van der Waals surface area contributed by atoms with Crippen molar-refractivity contribution in [3.05, 3.63) is 91.0 Å². The van der Waals surface area contributed by atoms with Crippen molar-refractivity contribution in [3.8, 4) is 0 Å². The number of carbonyl (C=O) groups excluding carboxylic acids is 1. The van der Waals surface area contributed by atoms with Gasteiger partial charge >= 0.3 is 0 Å². The molecule has 0 amide bonds. The molecule has 8 heteroatoms. The molecule has 0 saturated carbocycles. The monoisotopic (exact) mass is 393 g/mol. The molecule has 0 radical (unpaired) electrons. The van der Waals surface area contributed by atoms with Gasteiger partial charge in [0, 0.05) is 48.5 Å². The molecule has 3 rings (SSSR count). The molecule has 2 aromatic carbocycles. The predicted octanol–water partition coefficient (Wildman–Crippen LogP) is 3.87. The van der Waals surface area contributed by atoms with Gasteiger partial charge in [0.05, 0.1) is 9.85 Å². The average molecular weight is 393 g/mol. The molecular weight excluding hydrogens is 374 g/mol. The van der Waals surface area contributed by atoms with E-state index in [9.17, 15) is 25.0 Å². The molecule has 0 aliphatic carbocycles. The molecule has 1 fully saturated rings. The van der Waals surface area contributed by atoms with Crippen LogP contribution in [0.25, 0.3) is 12.2 Å². The number of ketones is 1. The Hall–Kier alpha value is -3.65. The summed E-state index contributed by atoms with van der Waals surface area (Å²) in [5.74, 6) is -0.0916. The average Bonchev–Trinajstić information content (AvgIpc) is 2.82. The second-order valence-corrected chi connectivity index (χ2v) is 6.85. The van der Waals surface area contributed by atoms with Crippen LogP contribution in [0.1, 0.15) is 17.5 Å². The Morgan fingerprint density at radius 3 is 1.72 bits per heavy atom. The molecule has 148 valence electrons. The summed E-state index contributed by atoms with van der Waals surface area (Å²) < 4.78 is 0. The highest BCUT2D eigenvalue weighted by molar-refractivity contribution is 6.13. The standard InChI is InChI=1S/C21H19N3O5/c1-22-11-10-17(12-15-2-6-19(7-3-15)23(26)27)21(25)18(14-22)13-16-4-8-20(9-5-16)24(28)29/h2-9,12-13H,10-11,14H2,1H3. The number of rotatable bonds is 4. The summed E-state index contributed by atoms with van der Waals surface area (Å²) in [6, 6.07) is 12.1. The molecule has 0 atom stereocenters. The molecule has 1 aliphatic heterocycles. The molecule has 1 heterocycles. The van der Waals surface area contributed by atoms with E-state index in [1.807, 2.05) is 11.9 Å². The summed E-state index contributed by atoms with van der Waals surface area (Å²) in [6.07, 6.45) is 4.07. The molecule has 0 N–H and O–H groups in total. The van der Waals surface area contributed by atoms with Crippen LogP contribution < -0.4 is 0 Å². The van der Waals surface area contributed by atoms with Gasteiger partial charge in [-0.05, 0) is 61.0 Å². The Balaban J connectivity index is 1.90. The van der Waals surface area contributed by atoms with E-state index in [4.69, 9.17) is 0 Å². The maximum absolute atomic E-state index is 13.1. The Labute approximate surface area is 167 Å². The Bertz CT molecular complexity index is 1010. The van der Waals surface area contributed by atoms with E-state index in [-0.39, 0.29) is 17.2 Å². The van der Waals surface area contributed by atoms with Crippen LogP contribution in [0.3, 0.4) is 0 Å². The number of nitro benzene ring substituents is 2. The lowest BCUT2D eigenvalue weighted by atomic mass is 9.98. The van der Waals surface area contributed by atoms with E-state index in [2.05, 4.69) is 0 Å². The van der Waals surface area contributed by atoms with Crippen molar-refractivity contribution >= 4 is 29.3 Å². The number of carbonyl (C=O) groups is 1. The first-order valence-corrected chi connectivity index (χ1v) is 8.97. The summed E-state index contributed by atoms with van der Waals surface area (Å²) in [4.78, 5) is 35.8. The van der Waals surface area contributed by atoms with Crippen molar-refractivity contribution in [2.24, 2.45) is 0 Å². The zero-order valence-corrected chi connectivity index (χ0v) is 15.8. The summed E-state index contributed by atoms with van der Waals surface area (Å²) >= 11 is 0. The zero-order chi connectivity index (χ0) is 21.0. The number of hydrogen-bond acceptors (Lipinski definition) is 6. The van der Waals surface area contributed by atoms with Crippen molar-refractivity contribution in [2.45, 2.75) is 6.42 Å². The van der Waals surface area contributed by atoms with Crippen LogP contribution in [0.2, 0.25) is 0 Å². The van der Waals surface area contributed by atoms with Crippen LogP contribution in [0.5, 0.6) is 0 Å². The molecule has 0 spiro atoms. The summed E-state index contributed by atoms with van der Waals surface area (Å²) in [6.45, 7) is 1.16. The molecule has 0 aromatic heterocycles. The van der Waals surface area contributed by atoms with E-state index < -0.39 is 9.85 Å². The van der Waals surface area contributed by atoms with Crippen LogP contribution in [-0.2, 0) is 4.79 Å². The van der Waals surface area contributed by atoms with Gasteiger partial charge in [-0.15, -0.1) is 0 Å². The fraction of sp³-hybridized carbons (Fsp3) is 0.190. The molecule has 29 heavy (non-hydrogen) atoms. The topological polar surface area (TPSA) is 107 Å². The van der Waals surface area contributed by atoms with Crippen LogP contribution in [0, 0.1) is 20.2 Å². The maximum atomic E-state index is 13.1. The number of likely N-dealkylation sites (N-methyl/N-ethyl adjacent to an activating group) is 1. The number of likely N-dealkylation sites (tertiary alicyclic amines) is 1. The number of benzene rings is 2. The van der Waals surface area contributed by atoms with Crippen LogP contribution >= 0.6 is 0 Å². The highest BCUT2D eigenvalue weighted by Gasteiger charge is 2.21. The first-order valence-electron chi connectivity index (χ1n) is 8.97. The fourth-order valence-corrected chi connectivity index (χ4v) is 3.11.